The molecular formula is C24H24F3N3O3. The third-order valence-electron chi connectivity index (χ3n) is 5.70. The topological polar surface area (TPSA) is 65.8 Å². The zero-order valence-electron chi connectivity index (χ0n) is 18.1. The highest BCUT2D eigenvalue weighted by Crippen LogP contribution is 2.29. The molecule has 6 nitrogen and oxygen atoms in total. The highest BCUT2D eigenvalue weighted by atomic mass is 19.4. The first-order chi connectivity index (χ1) is 15.7. The molecule has 0 unspecified atom stereocenters. The van der Waals surface area contributed by atoms with E-state index in [0.717, 1.165) is 54.8 Å². The minimum Gasteiger partial charge on any atom is -0.423 e. The first-order valence-corrected chi connectivity index (χ1v) is 10.6. The lowest BCUT2D eigenvalue weighted by atomic mass is 10.1. The van der Waals surface area contributed by atoms with Crippen LogP contribution in [0, 0.1) is 0 Å². The highest BCUT2D eigenvalue weighted by Gasteiger charge is 2.30. The van der Waals surface area contributed by atoms with Gasteiger partial charge in [0.15, 0.2) is 0 Å². The van der Waals surface area contributed by atoms with Crippen molar-refractivity contribution in [2.24, 2.45) is 0 Å². The quantitative estimate of drug-likeness (QED) is 0.583. The molecule has 1 saturated heterocycles. The number of halogens is 3. The number of carbonyl (C=O) groups excluding carboxylic acids is 1. The van der Waals surface area contributed by atoms with Gasteiger partial charge in [-0.05, 0) is 35.4 Å². The minimum atomic E-state index is -4.32. The Hall–Kier alpha value is -3.17. The molecule has 4 rings (SSSR count). The third kappa shape index (κ3) is 5.80. The molecule has 9 heteroatoms. The largest absolute Gasteiger partial charge is 0.423 e. The zero-order valence-corrected chi connectivity index (χ0v) is 18.1. The van der Waals surface area contributed by atoms with Crippen molar-refractivity contribution in [3.05, 3.63) is 75.6 Å². The predicted octanol–water partition coefficient (Wildman–Crippen LogP) is 4.09. The Bertz CT molecular complexity index is 1200. The molecular weight excluding hydrogens is 435 g/mol. The van der Waals surface area contributed by atoms with E-state index >= 15 is 0 Å². The Morgan fingerprint density at radius 2 is 1.61 bits per heavy atom. The van der Waals surface area contributed by atoms with E-state index in [2.05, 4.69) is 15.1 Å². The number of rotatable bonds is 5. The number of anilines is 1. The SMILES string of the molecule is CC(=O)Nc1ccc2c(CN3CCN(Cc4ccc(C(F)(F)F)cc4)CC3)cc(=O)oc2c1. The molecule has 0 atom stereocenters. The van der Waals surface area contributed by atoms with E-state index in [-0.39, 0.29) is 5.91 Å². The van der Waals surface area contributed by atoms with E-state index in [4.69, 9.17) is 4.42 Å². The van der Waals surface area contributed by atoms with E-state index in [9.17, 15) is 22.8 Å². The number of hydrogen-bond acceptors (Lipinski definition) is 5. The molecule has 3 aromatic rings. The van der Waals surface area contributed by atoms with Gasteiger partial charge in [0, 0.05) is 69.4 Å². The van der Waals surface area contributed by atoms with Crippen molar-refractivity contribution in [2.75, 3.05) is 31.5 Å². The number of nitrogens with zero attached hydrogens (tertiary/aromatic N) is 2. The molecule has 174 valence electrons. The molecule has 1 fully saturated rings. The van der Waals surface area contributed by atoms with Gasteiger partial charge in [-0.2, -0.15) is 13.2 Å². The van der Waals surface area contributed by atoms with Gasteiger partial charge >= 0.3 is 11.8 Å². The van der Waals surface area contributed by atoms with Gasteiger partial charge in [-0.1, -0.05) is 12.1 Å². The van der Waals surface area contributed by atoms with Gasteiger partial charge in [0.1, 0.15) is 5.58 Å². The lowest BCUT2D eigenvalue weighted by Crippen LogP contribution is -2.45. The maximum absolute atomic E-state index is 12.7. The molecule has 1 aromatic heterocycles. The third-order valence-corrected chi connectivity index (χ3v) is 5.70. The van der Waals surface area contributed by atoms with Gasteiger partial charge in [0.05, 0.1) is 5.56 Å². The first-order valence-electron chi connectivity index (χ1n) is 10.6. The zero-order chi connectivity index (χ0) is 23.6. The summed E-state index contributed by atoms with van der Waals surface area (Å²) < 4.78 is 43.5. The van der Waals surface area contributed by atoms with Crippen molar-refractivity contribution in [3.63, 3.8) is 0 Å². The smallest absolute Gasteiger partial charge is 0.416 e. The van der Waals surface area contributed by atoms with Gasteiger partial charge in [-0.25, -0.2) is 4.79 Å². The van der Waals surface area contributed by atoms with Crippen LogP contribution in [0.3, 0.4) is 0 Å². The number of hydrogen-bond donors (Lipinski definition) is 1. The van der Waals surface area contributed by atoms with Crippen LogP contribution in [-0.2, 0) is 24.1 Å². The molecule has 0 spiro atoms. The Kier molecular flexibility index (Phi) is 6.53. The van der Waals surface area contributed by atoms with Crippen LogP contribution in [0.4, 0.5) is 18.9 Å². The number of piperazine rings is 1. The normalized spacial score (nSPS) is 15.6. The van der Waals surface area contributed by atoms with Gasteiger partial charge < -0.3 is 9.73 Å². The van der Waals surface area contributed by atoms with E-state index in [1.54, 1.807) is 12.1 Å². The Morgan fingerprint density at radius 3 is 2.21 bits per heavy atom. The van der Waals surface area contributed by atoms with E-state index in [0.29, 0.717) is 24.4 Å². The minimum absolute atomic E-state index is 0.206. The van der Waals surface area contributed by atoms with E-state index < -0.39 is 17.4 Å². The number of alkyl halides is 3. The molecule has 1 aliphatic heterocycles. The second-order valence-electron chi connectivity index (χ2n) is 8.23. The predicted molar refractivity (Wildman–Crippen MR) is 119 cm³/mol. The molecule has 0 radical (unpaired) electrons. The lowest BCUT2D eigenvalue weighted by molar-refractivity contribution is -0.137. The Labute approximate surface area is 188 Å². The summed E-state index contributed by atoms with van der Waals surface area (Å²) in [6.45, 7) is 5.66. The van der Waals surface area contributed by atoms with E-state index in [1.165, 1.54) is 25.1 Å². The molecule has 1 aliphatic rings. The fraction of sp³-hybridized carbons (Fsp3) is 0.333. The number of nitrogens with one attached hydrogen (secondary N) is 1. The molecule has 33 heavy (non-hydrogen) atoms. The van der Waals surface area contributed by atoms with Crippen molar-refractivity contribution < 1.29 is 22.4 Å². The average molecular weight is 459 g/mol. The van der Waals surface area contributed by atoms with Crippen LogP contribution in [0.15, 0.2) is 57.7 Å². The van der Waals surface area contributed by atoms with Crippen molar-refractivity contribution in [1.29, 1.82) is 0 Å². The van der Waals surface area contributed by atoms with Crippen LogP contribution in [0.2, 0.25) is 0 Å². The van der Waals surface area contributed by atoms with Crippen LogP contribution in [0.25, 0.3) is 11.0 Å². The summed E-state index contributed by atoms with van der Waals surface area (Å²) >= 11 is 0. The van der Waals surface area contributed by atoms with Crippen molar-refractivity contribution in [3.8, 4) is 0 Å². The van der Waals surface area contributed by atoms with Crippen LogP contribution in [0.1, 0.15) is 23.6 Å². The molecule has 2 heterocycles. The van der Waals surface area contributed by atoms with Crippen LogP contribution in [0.5, 0.6) is 0 Å². The van der Waals surface area contributed by atoms with E-state index in [1.807, 2.05) is 6.07 Å². The van der Waals surface area contributed by atoms with Gasteiger partial charge in [0.25, 0.3) is 0 Å². The maximum atomic E-state index is 12.7. The summed E-state index contributed by atoms with van der Waals surface area (Å²) in [5.74, 6) is -0.206. The number of carbonyl (C=O) groups is 1. The summed E-state index contributed by atoms with van der Waals surface area (Å²) in [5, 5.41) is 3.50. The Balaban J connectivity index is 1.38. The van der Waals surface area contributed by atoms with Gasteiger partial charge in [-0.3, -0.25) is 14.6 Å². The molecule has 0 bridgehead atoms. The lowest BCUT2D eigenvalue weighted by Gasteiger charge is -2.34. The standard InChI is InChI=1S/C24H24F3N3O3/c1-16(31)28-20-6-7-21-18(12-23(32)33-22(21)13-20)15-30-10-8-29(9-11-30)14-17-2-4-19(5-3-17)24(25,26)27/h2-7,12-13H,8-11,14-15H2,1H3,(H,28,31). The monoisotopic (exact) mass is 459 g/mol. The van der Waals surface area contributed by atoms with Crippen LogP contribution >= 0.6 is 0 Å². The number of amides is 1. The number of fused-ring (bicyclic) bond motifs is 1. The molecule has 1 amide bonds. The van der Waals surface area contributed by atoms with Crippen LogP contribution in [-0.4, -0.2) is 41.9 Å². The summed E-state index contributed by atoms with van der Waals surface area (Å²) in [4.78, 5) is 27.8. The summed E-state index contributed by atoms with van der Waals surface area (Å²) in [7, 11) is 0. The van der Waals surface area contributed by atoms with Gasteiger partial charge in [0.2, 0.25) is 5.91 Å². The number of benzene rings is 2. The fourth-order valence-electron chi connectivity index (χ4n) is 4.05. The molecule has 0 saturated carbocycles. The molecule has 2 aromatic carbocycles. The van der Waals surface area contributed by atoms with Crippen molar-refractivity contribution in [1.82, 2.24) is 9.80 Å². The Morgan fingerprint density at radius 1 is 0.970 bits per heavy atom. The first kappa shape index (κ1) is 23.0. The molecule has 1 N–H and O–H groups in total. The van der Waals surface area contributed by atoms with Crippen molar-refractivity contribution in [2.45, 2.75) is 26.2 Å². The average Bonchev–Trinajstić information content (AvgIpc) is 2.74. The fourth-order valence-corrected chi connectivity index (χ4v) is 4.05. The second-order valence-corrected chi connectivity index (χ2v) is 8.23. The summed E-state index contributed by atoms with van der Waals surface area (Å²) in [6.07, 6.45) is -4.32. The molecule has 0 aliphatic carbocycles. The highest BCUT2D eigenvalue weighted by molar-refractivity contribution is 5.92. The van der Waals surface area contributed by atoms with Crippen molar-refractivity contribution >= 4 is 22.6 Å². The summed E-state index contributed by atoms with van der Waals surface area (Å²) in [5.41, 5.74) is 1.60. The maximum Gasteiger partial charge on any atom is 0.416 e. The van der Waals surface area contributed by atoms with Gasteiger partial charge in [-0.15, -0.1) is 0 Å². The second kappa shape index (κ2) is 9.36. The summed E-state index contributed by atoms with van der Waals surface area (Å²) in [6, 6.07) is 12.0. The van der Waals surface area contributed by atoms with Crippen LogP contribution < -0.4 is 10.9 Å².